The van der Waals surface area contributed by atoms with Crippen molar-refractivity contribution in [3.05, 3.63) is 69.7 Å². The third-order valence-electron chi connectivity index (χ3n) is 4.79. The zero-order valence-corrected chi connectivity index (χ0v) is 15.0. The SMILES string of the molecule is CC1(c2ccc(CNC(=O)Cc3cccc(C(F)(F)F)c3)cc2Cl)CC1. The van der Waals surface area contributed by atoms with Gasteiger partial charge in [-0.3, -0.25) is 4.79 Å². The lowest BCUT2D eigenvalue weighted by atomic mass is 9.97. The summed E-state index contributed by atoms with van der Waals surface area (Å²) in [4.78, 5) is 12.0. The van der Waals surface area contributed by atoms with Gasteiger partial charge in [-0.15, -0.1) is 0 Å². The number of halogens is 4. The summed E-state index contributed by atoms with van der Waals surface area (Å²) in [5.74, 6) is -0.335. The molecule has 0 aliphatic heterocycles. The molecule has 0 aromatic heterocycles. The van der Waals surface area contributed by atoms with Gasteiger partial charge in [0.15, 0.2) is 0 Å². The van der Waals surface area contributed by atoms with E-state index in [9.17, 15) is 18.0 Å². The molecule has 0 saturated heterocycles. The molecule has 0 unspecified atom stereocenters. The molecule has 138 valence electrons. The van der Waals surface area contributed by atoms with E-state index < -0.39 is 11.7 Å². The summed E-state index contributed by atoms with van der Waals surface area (Å²) in [6.45, 7) is 2.46. The zero-order valence-electron chi connectivity index (χ0n) is 14.3. The predicted octanol–water partition coefficient (Wildman–Crippen LogP) is 5.27. The fraction of sp³-hybridized carbons (Fsp3) is 0.350. The van der Waals surface area contributed by atoms with Gasteiger partial charge >= 0.3 is 6.18 Å². The Hall–Kier alpha value is -2.01. The van der Waals surface area contributed by atoms with E-state index in [1.165, 1.54) is 12.1 Å². The van der Waals surface area contributed by atoms with Gasteiger partial charge in [-0.2, -0.15) is 13.2 Å². The molecule has 1 aliphatic rings. The third-order valence-corrected chi connectivity index (χ3v) is 5.11. The average molecular weight is 382 g/mol. The minimum Gasteiger partial charge on any atom is -0.352 e. The molecule has 0 spiro atoms. The van der Waals surface area contributed by atoms with Crippen LogP contribution in [0, 0.1) is 0 Å². The molecule has 1 N–H and O–H groups in total. The van der Waals surface area contributed by atoms with E-state index in [0.717, 1.165) is 36.1 Å². The monoisotopic (exact) mass is 381 g/mol. The maximum absolute atomic E-state index is 12.7. The number of amides is 1. The third kappa shape index (κ3) is 4.39. The van der Waals surface area contributed by atoms with Crippen molar-refractivity contribution in [2.75, 3.05) is 0 Å². The number of carbonyl (C=O) groups is 1. The van der Waals surface area contributed by atoms with Gasteiger partial charge in [0, 0.05) is 11.6 Å². The van der Waals surface area contributed by atoms with Crippen molar-refractivity contribution in [3.8, 4) is 0 Å². The predicted molar refractivity (Wildman–Crippen MR) is 95.0 cm³/mol. The number of hydrogen-bond donors (Lipinski definition) is 1. The van der Waals surface area contributed by atoms with Crippen molar-refractivity contribution in [2.24, 2.45) is 0 Å². The molecule has 1 aliphatic carbocycles. The first-order chi connectivity index (χ1) is 12.2. The maximum atomic E-state index is 12.7. The van der Waals surface area contributed by atoms with Crippen LogP contribution in [0.5, 0.6) is 0 Å². The van der Waals surface area contributed by atoms with Crippen LogP contribution in [0.2, 0.25) is 5.02 Å². The lowest BCUT2D eigenvalue weighted by molar-refractivity contribution is -0.137. The lowest BCUT2D eigenvalue weighted by Crippen LogP contribution is -2.24. The Labute approximate surface area is 155 Å². The standard InChI is InChI=1S/C20H19ClF3NO/c1-19(7-8-19)16-6-5-14(10-17(16)21)12-25-18(26)11-13-3-2-4-15(9-13)20(22,23)24/h2-6,9-10H,7-8,11-12H2,1H3,(H,25,26). The Morgan fingerprint density at radius 1 is 1.15 bits per heavy atom. The highest BCUT2D eigenvalue weighted by Crippen LogP contribution is 2.49. The molecule has 1 amide bonds. The zero-order chi connectivity index (χ0) is 18.9. The first-order valence-corrected chi connectivity index (χ1v) is 8.77. The molecule has 1 fully saturated rings. The molecule has 0 bridgehead atoms. The van der Waals surface area contributed by atoms with E-state index in [-0.39, 0.29) is 24.3 Å². The first kappa shape index (κ1) is 18.8. The number of carbonyl (C=O) groups excluding carboxylic acids is 1. The molecule has 0 radical (unpaired) electrons. The molecule has 6 heteroatoms. The van der Waals surface area contributed by atoms with Crippen LogP contribution in [-0.2, 0) is 29.4 Å². The van der Waals surface area contributed by atoms with E-state index >= 15 is 0 Å². The van der Waals surface area contributed by atoms with E-state index in [2.05, 4.69) is 12.2 Å². The lowest BCUT2D eigenvalue weighted by Gasteiger charge is -2.13. The smallest absolute Gasteiger partial charge is 0.352 e. The van der Waals surface area contributed by atoms with Crippen LogP contribution in [0.4, 0.5) is 13.2 Å². The van der Waals surface area contributed by atoms with Gasteiger partial charge in [0.05, 0.1) is 12.0 Å². The molecular weight excluding hydrogens is 363 g/mol. The Morgan fingerprint density at radius 3 is 2.50 bits per heavy atom. The highest BCUT2D eigenvalue weighted by molar-refractivity contribution is 6.31. The average Bonchev–Trinajstić information content (AvgIpc) is 3.31. The molecule has 0 atom stereocenters. The highest BCUT2D eigenvalue weighted by atomic mass is 35.5. The second-order valence-electron chi connectivity index (χ2n) is 7.03. The van der Waals surface area contributed by atoms with E-state index in [0.29, 0.717) is 10.6 Å². The van der Waals surface area contributed by atoms with E-state index in [1.807, 2.05) is 18.2 Å². The fourth-order valence-corrected chi connectivity index (χ4v) is 3.35. The number of benzene rings is 2. The van der Waals surface area contributed by atoms with Gasteiger partial charge in [0.1, 0.15) is 0 Å². The molecule has 2 nitrogen and oxygen atoms in total. The minimum absolute atomic E-state index is 0.103. The van der Waals surface area contributed by atoms with Gasteiger partial charge < -0.3 is 5.32 Å². The Balaban J connectivity index is 1.58. The van der Waals surface area contributed by atoms with Crippen molar-refractivity contribution in [1.82, 2.24) is 5.32 Å². The van der Waals surface area contributed by atoms with Crippen molar-refractivity contribution in [2.45, 2.75) is 44.3 Å². The summed E-state index contributed by atoms with van der Waals surface area (Å²) in [5, 5.41) is 3.42. The molecule has 2 aromatic carbocycles. The first-order valence-electron chi connectivity index (χ1n) is 8.39. The molecule has 1 saturated carbocycles. The number of alkyl halides is 3. The van der Waals surface area contributed by atoms with Gasteiger partial charge in [0.25, 0.3) is 0 Å². The number of rotatable bonds is 5. The topological polar surface area (TPSA) is 29.1 Å². The summed E-state index contributed by atoms with van der Waals surface area (Å²) < 4.78 is 38.2. The summed E-state index contributed by atoms with van der Waals surface area (Å²) in [6.07, 6.45) is -2.27. The molecule has 2 aromatic rings. The van der Waals surface area contributed by atoms with Crippen LogP contribution in [0.3, 0.4) is 0 Å². The molecule has 26 heavy (non-hydrogen) atoms. The molecule has 0 heterocycles. The number of nitrogens with one attached hydrogen (secondary N) is 1. The van der Waals surface area contributed by atoms with Crippen LogP contribution >= 0.6 is 11.6 Å². The summed E-state index contributed by atoms with van der Waals surface area (Å²) >= 11 is 6.34. The van der Waals surface area contributed by atoms with Crippen molar-refractivity contribution in [1.29, 1.82) is 0 Å². The van der Waals surface area contributed by atoms with Gasteiger partial charge in [-0.25, -0.2) is 0 Å². The quantitative estimate of drug-likeness (QED) is 0.751. The Bertz CT molecular complexity index is 828. The summed E-state index contributed by atoms with van der Waals surface area (Å²) in [5.41, 5.74) is 1.73. The molecular formula is C20H19ClF3NO. The number of hydrogen-bond acceptors (Lipinski definition) is 1. The highest BCUT2D eigenvalue weighted by Gasteiger charge is 2.40. The van der Waals surface area contributed by atoms with Gasteiger partial charge in [-0.1, -0.05) is 48.9 Å². The fourth-order valence-electron chi connectivity index (χ4n) is 2.92. The second kappa shape index (κ2) is 6.95. The normalized spacial score (nSPS) is 15.6. The second-order valence-corrected chi connectivity index (χ2v) is 7.43. The minimum atomic E-state index is -4.41. The van der Waals surface area contributed by atoms with Crippen molar-refractivity contribution in [3.63, 3.8) is 0 Å². The summed E-state index contributed by atoms with van der Waals surface area (Å²) in [7, 11) is 0. The van der Waals surface area contributed by atoms with Crippen LogP contribution < -0.4 is 5.32 Å². The van der Waals surface area contributed by atoms with Gasteiger partial charge in [0.2, 0.25) is 5.91 Å². The largest absolute Gasteiger partial charge is 0.416 e. The van der Waals surface area contributed by atoms with E-state index in [4.69, 9.17) is 11.6 Å². The summed E-state index contributed by atoms with van der Waals surface area (Å²) in [6, 6.07) is 10.6. The van der Waals surface area contributed by atoms with Crippen molar-refractivity contribution < 1.29 is 18.0 Å². The maximum Gasteiger partial charge on any atom is 0.416 e. The van der Waals surface area contributed by atoms with Gasteiger partial charge in [-0.05, 0) is 47.1 Å². The Kier molecular flexibility index (Phi) is 5.02. The van der Waals surface area contributed by atoms with Crippen LogP contribution in [0.25, 0.3) is 0 Å². The Morgan fingerprint density at radius 2 is 1.88 bits per heavy atom. The van der Waals surface area contributed by atoms with Crippen LogP contribution in [0.1, 0.15) is 42.0 Å². The van der Waals surface area contributed by atoms with Crippen LogP contribution in [-0.4, -0.2) is 5.91 Å². The molecule has 3 rings (SSSR count). The van der Waals surface area contributed by atoms with Crippen molar-refractivity contribution >= 4 is 17.5 Å². The van der Waals surface area contributed by atoms with Crippen LogP contribution in [0.15, 0.2) is 42.5 Å². The van der Waals surface area contributed by atoms with E-state index in [1.54, 1.807) is 0 Å².